The summed E-state index contributed by atoms with van der Waals surface area (Å²) in [6.07, 6.45) is 1.32. The molecule has 1 heterocycles. The van der Waals surface area contributed by atoms with E-state index in [0.717, 1.165) is 25.3 Å². The molecule has 6 heteroatoms. The summed E-state index contributed by atoms with van der Waals surface area (Å²) < 4.78 is 10.3. The standard InChI is InChI=1S/C12H16N2O4/c13-10-5-8(18-7-12(15)16)1-2-11(10)14-6-9-3-4-17-9/h1-2,5,9,14H,3-4,6-7,13H2,(H,15,16). The van der Waals surface area contributed by atoms with E-state index < -0.39 is 5.97 Å². The van der Waals surface area contributed by atoms with Crippen LogP contribution >= 0.6 is 0 Å². The smallest absolute Gasteiger partial charge is 0.341 e. The minimum Gasteiger partial charge on any atom is -0.482 e. The average Bonchev–Trinajstić information content (AvgIpc) is 2.26. The van der Waals surface area contributed by atoms with Gasteiger partial charge in [-0.25, -0.2) is 4.79 Å². The van der Waals surface area contributed by atoms with E-state index in [0.29, 0.717) is 11.4 Å². The lowest BCUT2D eigenvalue weighted by atomic mass is 10.2. The summed E-state index contributed by atoms with van der Waals surface area (Å²) in [7, 11) is 0. The average molecular weight is 252 g/mol. The molecule has 0 bridgehead atoms. The number of benzene rings is 1. The van der Waals surface area contributed by atoms with Crippen molar-refractivity contribution >= 4 is 17.3 Å². The molecule has 0 radical (unpaired) electrons. The van der Waals surface area contributed by atoms with Gasteiger partial charge >= 0.3 is 5.97 Å². The third kappa shape index (κ3) is 3.27. The third-order valence-electron chi connectivity index (χ3n) is 2.70. The van der Waals surface area contributed by atoms with Crippen LogP contribution in [0.15, 0.2) is 18.2 Å². The van der Waals surface area contributed by atoms with Gasteiger partial charge in [0.1, 0.15) is 5.75 Å². The second kappa shape index (κ2) is 5.59. The van der Waals surface area contributed by atoms with Gasteiger partial charge in [0.2, 0.25) is 0 Å². The van der Waals surface area contributed by atoms with Crippen molar-refractivity contribution in [1.29, 1.82) is 0 Å². The lowest BCUT2D eigenvalue weighted by Gasteiger charge is -2.27. The Bertz CT molecular complexity index is 432. The Morgan fingerprint density at radius 3 is 2.94 bits per heavy atom. The lowest BCUT2D eigenvalue weighted by Crippen LogP contribution is -2.33. The molecule has 98 valence electrons. The van der Waals surface area contributed by atoms with Gasteiger partial charge in [-0.3, -0.25) is 0 Å². The van der Waals surface area contributed by atoms with Crippen molar-refractivity contribution in [3.8, 4) is 5.75 Å². The summed E-state index contributed by atoms with van der Waals surface area (Å²) >= 11 is 0. The predicted octanol–water partition coefficient (Wildman–Crippen LogP) is 0.933. The largest absolute Gasteiger partial charge is 0.482 e. The highest BCUT2D eigenvalue weighted by molar-refractivity contribution is 5.70. The van der Waals surface area contributed by atoms with E-state index in [9.17, 15) is 4.79 Å². The molecule has 6 nitrogen and oxygen atoms in total. The maximum Gasteiger partial charge on any atom is 0.341 e. The monoisotopic (exact) mass is 252 g/mol. The quantitative estimate of drug-likeness (QED) is 0.652. The van der Waals surface area contributed by atoms with Crippen molar-refractivity contribution in [2.75, 3.05) is 30.8 Å². The number of nitrogen functional groups attached to an aromatic ring is 1. The van der Waals surface area contributed by atoms with E-state index in [1.54, 1.807) is 18.2 Å². The van der Waals surface area contributed by atoms with Crippen molar-refractivity contribution in [3.05, 3.63) is 18.2 Å². The fourth-order valence-electron chi connectivity index (χ4n) is 1.61. The molecule has 0 aliphatic carbocycles. The van der Waals surface area contributed by atoms with Crippen LogP contribution < -0.4 is 15.8 Å². The van der Waals surface area contributed by atoms with Gasteiger partial charge in [0.05, 0.1) is 17.5 Å². The van der Waals surface area contributed by atoms with Crippen molar-refractivity contribution in [3.63, 3.8) is 0 Å². The topological polar surface area (TPSA) is 93.8 Å². The van der Waals surface area contributed by atoms with Crippen molar-refractivity contribution in [1.82, 2.24) is 0 Å². The van der Waals surface area contributed by atoms with Gasteiger partial charge < -0.3 is 25.6 Å². The first-order valence-electron chi connectivity index (χ1n) is 5.75. The van der Waals surface area contributed by atoms with E-state index >= 15 is 0 Å². The van der Waals surface area contributed by atoms with E-state index in [-0.39, 0.29) is 12.7 Å². The Morgan fingerprint density at radius 2 is 2.39 bits per heavy atom. The summed E-state index contributed by atoms with van der Waals surface area (Å²) in [5, 5.41) is 11.7. The number of hydrogen-bond donors (Lipinski definition) is 3. The second-order valence-electron chi connectivity index (χ2n) is 4.09. The molecule has 0 saturated carbocycles. The van der Waals surface area contributed by atoms with Crippen LogP contribution in [-0.4, -0.2) is 36.9 Å². The molecule has 1 aliphatic heterocycles. The van der Waals surface area contributed by atoms with Crippen LogP contribution in [0.2, 0.25) is 0 Å². The molecule has 1 saturated heterocycles. The normalized spacial score (nSPS) is 17.9. The fourth-order valence-corrected chi connectivity index (χ4v) is 1.61. The molecule has 1 aliphatic rings. The summed E-state index contributed by atoms with van der Waals surface area (Å²) in [5.74, 6) is -0.571. The zero-order chi connectivity index (χ0) is 13.0. The molecule has 1 atom stereocenters. The van der Waals surface area contributed by atoms with Gasteiger partial charge in [0, 0.05) is 19.2 Å². The van der Waals surface area contributed by atoms with Crippen LogP contribution in [0.25, 0.3) is 0 Å². The first kappa shape index (κ1) is 12.5. The summed E-state index contributed by atoms with van der Waals surface area (Å²) in [4.78, 5) is 10.4. The zero-order valence-corrected chi connectivity index (χ0v) is 9.89. The van der Waals surface area contributed by atoms with Crippen molar-refractivity contribution < 1.29 is 19.4 Å². The first-order chi connectivity index (χ1) is 8.65. The van der Waals surface area contributed by atoms with E-state index in [4.69, 9.17) is 20.3 Å². The molecule has 2 rings (SSSR count). The summed E-state index contributed by atoms with van der Waals surface area (Å²) in [6.45, 7) is 1.17. The predicted molar refractivity (Wildman–Crippen MR) is 66.8 cm³/mol. The van der Waals surface area contributed by atoms with Crippen LogP contribution in [0.5, 0.6) is 5.75 Å². The molecule has 1 aromatic rings. The molecule has 18 heavy (non-hydrogen) atoms. The van der Waals surface area contributed by atoms with Crippen LogP contribution in [0.1, 0.15) is 6.42 Å². The maximum atomic E-state index is 10.4. The van der Waals surface area contributed by atoms with Crippen LogP contribution in [-0.2, 0) is 9.53 Å². The number of carbonyl (C=O) groups is 1. The molecule has 1 aromatic carbocycles. The Kier molecular flexibility index (Phi) is 3.88. The van der Waals surface area contributed by atoms with Crippen LogP contribution in [0.4, 0.5) is 11.4 Å². The molecular weight excluding hydrogens is 236 g/mol. The van der Waals surface area contributed by atoms with Gasteiger partial charge in [0.15, 0.2) is 6.61 Å². The minimum absolute atomic E-state index is 0.257. The summed E-state index contributed by atoms with van der Waals surface area (Å²) in [5.41, 5.74) is 7.17. The number of hydrogen-bond acceptors (Lipinski definition) is 5. The molecule has 1 unspecified atom stereocenters. The number of carboxylic acids is 1. The third-order valence-corrected chi connectivity index (χ3v) is 2.70. The van der Waals surface area contributed by atoms with Gasteiger partial charge in [-0.15, -0.1) is 0 Å². The molecule has 0 aromatic heterocycles. The van der Waals surface area contributed by atoms with E-state index in [1.165, 1.54) is 0 Å². The van der Waals surface area contributed by atoms with E-state index in [1.807, 2.05) is 0 Å². The molecule has 1 fully saturated rings. The van der Waals surface area contributed by atoms with Gasteiger partial charge in [-0.2, -0.15) is 0 Å². The summed E-state index contributed by atoms with van der Waals surface area (Å²) in [6, 6.07) is 5.06. The number of rotatable bonds is 6. The number of nitrogens with two attached hydrogens (primary N) is 1. The Hall–Kier alpha value is -1.95. The molecular formula is C12H16N2O4. The minimum atomic E-state index is -1.02. The SMILES string of the molecule is Nc1cc(OCC(=O)O)ccc1NCC1CCO1. The second-order valence-corrected chi connectivity index (χ2v) is 4.09. The highest BCUT2D eigenvalue weighted by Gasteiger charge is 2.17. The fraction of sp³-hybridized carbons (Fsp3) is 0.417. The van der Waals surface area contributed by atoms with Crippen LogP contribution in [0, 0.1) is 0 Å². The number of carboxylic acid groups (broad SMARTS) is 1. The Balaban J connectivity index is 1.89. The maximum absolute atomic E-state index is 10.4. The number of ether oxygens (including phenoxy) is 2. The molecule has 4 N–H and O–H groups in total. The van der Waals surface area contributed by atoms with Gasteiger partial charge in [-0.1, -0.05) is 0 Å². The lowest BCUT2D eigenvalue weighted by molar-refractivity contribution is -0.139. The number of nitrogens with one attached hydrogen (secondary N) is 1. The van der Waals surface area contributed by atoms with E-state index in [2.05, 4.69) is 5.32 Å². The molecule has 0 amide bonds. The van der Waals surface area contributed by atoms with Gasteiger partial charge in [-0.05, 0) is 18.6 Å². The number of anilines is 2. The Morgan fingerprint density at radius 1 is 1.61 bits per heavy atom. The highest BCUT2D eigenvalue weighted by Crippen LogP contribution is 2.25. The first-order valence-corrected chi connectivity index (χ1v) is 5.75. The Labute approximate surface area is 105 Å². The highest BCUT2D eigenvalue weighted by atomic mass is 16.5. The van der Waals surface area contributed by atoms with Crippen LogP contribution in [0.3, 0.4) is 0 Å². The van der Waals surface area contributed by atoms with Gasteiger partial charge in [0.25, 0.3) is 0 Å². The molecule has 0 spiro atoms. The zero-order valence-electron chi connectivity index (χ0n) is 9.89. The van der Waals surface area contributed by atoms with Crippen molar-refractivity contribution in [2.45, 2.75) is 12.5 Å². The van der Waals surface area contributed by atoms with Crippen molar-refractivity contribution in [2.24, 2.45) is 0 Å². The number of aliphatic carboxylic acids is 1.